The molecule has 0 aromatic heterocycles. The van der Waals surface area contributed by atoms with E-state index in [1.807, 2.05) is 30.3 Å². The van der Waals surface area contributed by atoms with Crippen LogP contribution in [0.5, 0.6) is 0 Å². The fourth-order valence-corrected chi connectivity index (χ4v) is 2.95. The van der Waals surface area contributed by atoms with Crippen molar-refractivity contribution in [2.75, 3.05) is 7.11 Å². The molecule has 0 atom stereocenters. The number of benzene rings is 2. The maximum atomic E-state index is 11.3. The first-order chi connectivity index (χ1) is 9.63. The summed E-state index contributed by atoms with van der Waals surface area (Å²) in [6, 6.07) is 15.1. The van der Waals surface area contributed by atoms with Gasteiger partial charge in [0, 0.05) is 13.4 Å². The summed E-state index contributed by atoms with van der Waals surface area (Å²) in [5.74, 6) is -0.353. The van der Waals surface area contributed by atoms with Gasteiger partial charge >= 0.3 is 5.97 Å². The van der Waals surface area contributed by atoms with E-state index in [0.717, 1.165) is 13.4 Å². The number of hydrogen-bond donors (Lipinski definition) is 0. The van der Waals surface area contributed by atoms with E-state index in [-0.39, 0.29) is 5.97 Å². The van der Waals surface area contributed by atoms with Gasteiger partial charge in [0.1, 0.15) is 6.07 Å². The van der Waals surface area contributed by atoms with E-state index in [2.05, 4.69) is 33.4 Å². The number of hydrogen-bond acceptors (Lipinski definition) is 4. The van der Waals surface area contributed by atoms with Crippen LogP contribution in [0.25, 0.3) is 0 Å². The zero-order valence-corrected chi connectivity index (χ0v) is 13.6. The van der Waals surface area contributed by atoms with Gasteiger partial charge in [0.2, 0.25) is 0 Å². The van der Waals surface area contributed by atoms with Gasteiger partial charge in [-0.25, -0.2) is 4.79 Å². The predicted molar refractivity (Wildman–Crippen MR) is 85.8 cm³/mol. The predicted octanol–water partition coefficient (Wildman–Crippen LogP) is 4.10. The molecule has 0 unspecified atom stereocenters. The number of carbonyl (C=O) groups is 1. The quantitative estimate of drug-likeness (QED) is 0.580. The largest absolute Gasteiger partial charge is 0.465 e. The number of carbonyl (C=O) groups excluding carboxylic acids is 1. The third-order valence-corrected chi connectivity index (χ3v) is 4.32. The highest BCUT2D eigenvalue weighted by molar-refractivity contribution is 14.1. The molecule has 0 saturated heterocycles. The standard InChI is InChI=1S/C15H10INO2S/c1-19-15(18)10-2-5-13(6-3-10)20-14-7-4-12(16)8-11(14)9-17/h2-8H,1H3. The number of esters is 1. The molecule has 3 nitrogen and oxygen atoms in total. The number of nitriles is 1. The first-order valence-corrected chi connectivity index (χ1v) is 7.59. The molecule has 2 aromatic rings. The SMILES string of the molecule is COC(=O)c1ccc(Sc2ccc(I)cc2C#N)cc1. The lowest BCUT2D eigenvalue weighted by molar-refractivity contribution is 0.0600. The van der Waals surface area contributed by atoms with Crippen LogP contribution in [0.15, 0.2) is 52.3 Å². The smallest absolute Gasteiger partial charge is 0.337 e. The number of methoxy groups -OCH3 is 1. The van der Waals surface area contributed by atoms with E-state index in [1.54, 1.807) is 12.1 Å². The van der Waals surface area contributed by atoms with E-state index in [0.29, 0.717) is 11.1 Å². The van der Waals surface area contributed by atoms with Crippen LogP contribution in [0.2, 0.25) is 0 Å². The van der Waals surface area contributed by atoms with Gasteiger partial charge in [0.15, 0.2) is 0 Å². The minimum atomic E-state index is -0.353. The molecule has 2 rings (SSSR count). The van der Waals surface area contributed by atoms with Crippen LogP contribution < -0.4 is 0 Å². The lowest BCUT2D eigenvalue weighted by Crippen LogP contribution is -2.00. The van der Waals surface area contributed by atoms with Gasteiger partial charge in [-0.3, -0.25) is 0 Å². The molecular weight excluding hydrogens is 385 g/mol. The topological polar surface area (TPSA) is 50.1 Å². The minimum absolute atomic E-state index is 0.353. The Balaban J connectivity index is 2.23. The Hall–Kier alpha value is -1.52. The summed E-state index contributed by atoms with van der Waals surface area (Å²) in [6.07, 6.45) is 0. The Morgan fingerprint density at radius 2 is 1.95 bits per heavy atom. The molecular formula is C15H10INO2S. The number of rotatable bonds is 3. The minimum Gasteiger partial charge on any atom is -0.465 e. The second-order valence-electron chi connectivity index (χ2n) is 3.87. The highest BCUT2D eigenvalue weighted by Crippen LogP contribution is 2.31. The molecule has 0 fully saturated rings. The summed E-state index contributed by atoms with van der Waals surface area (Å²) in [5, 5.41) is 9.14. The Morgan fingerprint density at radius 1 is 1.25 bits per heavy atom. The second kappa shape index (κ2) is 6.77. The molecule has 20 heavy (non-hydrogen) atoms. The van der Waals surface area contributed by atoms with Gasteiger partial charge in [0.05, 0.1) is 18.2 Å². The van der Waals surface area contributed by atoms with E-state index in [1.165, 1.54) is 18.9 Å². The average molecular weight is 395 g/mol. The molecule has 0 N–H and O–H groups in total. The van der Waals surface area contributed by atoms with Crippen molar-refractivity contribution in [3.8, 4) is 6.07 Å². The molecule has 0 saturated carbocycles. The van der Waals surface area contributed by atoms with Crippen molar-refractivity contribution < 1.29 is 9.53 Å². The normalized spacial score (nSPS) is 9.85. The Labute approximate surface area is 135 Å². The molecule has 2 aromatic carbocycles. The molecule has 0 aliphatic heterocycles. The van der Waals surface area contributed by atoms with Crippen LogP contribution in [-0.4, -0.2) is 13.1 Å². The molecule has 0 heterocycles. The maximum absolute atomic E-state index is 11.3. The molecule has 100 valence electrons. The zero-order valence-electron chi connectivity index (χ0n) is 10.6. The summed E-state index contributed by atoms with van der Waals surface area (Å²) in [6.45, 7) is 0. The van der Waals surface area contributed by atoms with Crippen LogP contribution in [0.1, 0.15) is 15.9 Å². The van der Waals surface area contributed by atoms with Crippen molar-refractivity contribution in [3.05, 3.63) is 57.2 Å². The van der Waals surface area contributed by atoms with Gasteiger partial charge in [0.25, 0.3) is 0 Å². The molecule has 0 amide bonds. The third kappa shape index (κ3) is 3.52. The highest BCUT2D eigenvalue weighted by atomic mass is 127. The van der Waals surface area contributed by atoms with Gasteiger partial charge < -0.3 is 4.74 Å². The van der Waals surface area contributed by atoms with Crippen molar-refractivity contribution in [1.82, 2.24) is 0 Å². The second-order valence-corrected chi connectivity index (χ2v) is 6.23. The first kappa shape index (κ1) is 14.9. The summed E-state index contributed by atoms with van der Waals surface area (Å²) in [5.41, 5.74) is 1.17. The molecule has 0 aliphatic carbocycles. The molecule has 0 aliphatic rings. The lowest BCUT2D eigenvalue weighted by atomic mass is 10.2. The Kier molecular flexibility index (Phi) is 5.04. The van der Waals surface area contributed by atoms with Crippen LogP contribution in [0.3, 0.4) is 0 Å². The van der Waals surface area contributed by atoms with Gasteiger partial charge in [-0.2, -0.15) is 5.26 Å². The van der Waals surface area contributed by atoms with Crippen LogP contribution in [0.4, 0.5) is 0 Å². The van der Waals surface area contributed by atoms with E-state index in [9.17, 15) is 4.79 Å². The van der Waals surface area contributed by atoms with Crippen LogP contribution >= 0.6 is 34.4 Å². The Morgan fingerprint density at radius 3 is 2.55 bits per heavy atom. The number of nitrogens with zero attached hydrogens (tertiary/aromatic N) is 1. The molecule has 5 heteroatoms. The third-order valence-electron chi connectivity index (χ3n) is 2.57. The fraction of sp³-hybridized carbons (Fsp3) is 0.0667. The zero-order chi connectivity index (χ0) is 14.5. The summed E-state index contributed by atoms with van der Waals surface area (Å²) in [4.78, 5) is 13.2. The summed E-state index contributed by atoms with van der Waals surface area (Å²) < 4.78 is 5.69. The molecule has 0 bridgehead atoms. The van der Waals surface area contributed by atoms with E-state index < -0.39 is 0 Å². The van der Waals surface area contributed by atoms with Crippen LogP contribution in [-0.2, 0) is 4.74 Å². The van der Waals surface area contributed by atoms with Crippen molar-refractivity contribution in [2.24, 2.45) is 0 Å². The summed E-state index contributed by atoms with van der Waals surface area (Å²) >= 11 is 3.68. The number of halogens is 1. The Bertz CT molecular complexity index is 677. The first-order valence-electron chi connectivity index (χ1n) is 5.70. The number of ether oxygens (including phenoxy) is 1. The van der Waals surface area contributed by atoms with Gasteiger partial charge in [-0.05, 0) is 65.1 Å². The van der Waals surface area contributed by atoms with Crippen molar-refractivity contribution in [2.45, 2.75) is 9.79 Å². The highest BCUT2D eigenvalue weighted by Gasteiger charge is 2.07. The van der Waals surface area contributed by atoms with E-state index in [4.69, 9.17) is 5.26 Å². The van der Waals surface area contributed by atoms with Crippen molar-refractivity contribution in [3.63, 3.8) is 0 Å². The molecule has 0 spiro atoms. The van der Waals surface area contributed by atoms with Crippen molar-refractivity contribution in [1.29, 1.82) is 5.26 Å². The monoisotopic (exact) mass is 395 g/mol. The van der Waals surface area contributed by atoms with Gasteiger partial charge in [-0.1, -0.05) is 11.8 Å². The molecule has 0 radical (unpaired) electrons. The van der Waals surface area contributed by atoms with Crippen LogP contribution in [0, 0.1) is 14.9 Å². The van der Waals surface area contributed by atoms with Crippen molar-refractivity contribution >= 4 is 40.3 Å². The lowest BCUT2D eigenvalue weighted by Gasteiger charge is -2.05. The van der Waals surface area contributed by atoms with E-state index >= 15 is 0 Å². The summed E-state index contributed by atoms with van der Waals surface area (Å²) in [7, 11) is 1.36. The fourth-order valence-electron chi connectivity index (χ4n) is 1.58. The van der Waals surface area contributed by atoms with Gasteiger partial charge in [-0.15, -0.1) is 0 Å². The average Bonchev–Trinajstić information content (AvgIpc) is 2.49. The maximum Gasteiger partial charge on any atom is 0.337 e.